The molecule has 0 fully saturated rings. The number of amides is 1. The quantitative estimate of drug-likeness (QED) is 0.825. The zero-order chi connectivity index (χ0) is 17.3. The first-order valence-electron chi connectivity index (χ1n) is 6.96. The van der Waals surface area contributed by atoms with Crippen molar-refractivity contribution >= 4 is 5.91 Å². The van der Waals surface area contributed by atoms with E-state index in [4.69, 9.17) is 4.74 Å². The number of fused-ring (bicyclic) bond motifs is 1. The van der Waals surface area contributed by atoms with E-state index in [1.807, 2.05) is 0 Å². The highest BCUT2D eigenvalue weighted by atomic mass is 19.4. The number of carbonyl (C=O) groups excluding carboxylic acids is 1. The molecule has 7 nitrogen and oxygen atoms in total. The van der Waals surface area contributed by atoms with Crippen molar-refractivity contribution in [3.05, 3.63) is 41.1 Å². The van der Waals surface area contributed by atoms with Crippen molar-refractivity contribution in [3.63, 3.8) is 0 Å². The van der Waals surface area contributed by atoms with Crippen molar-refractivity contribution in [1.82, 2.24) is 25.1 Å². The van der Waals surface area contributed by atoms with Crippen LogP contribution in [0.5, 0.6) is 5.88 Å². The zero-order valence-corrected chi connectivity index (χ0v) is 12.5. The molecule has 0 spiro atoms. The van der Waals surface area contributed by atoms with Gasteiger partial charge in [-0.05, 0) is 0 Å². The Balaban J connectivity index is 1.78. The lowest BCUT2D eigenvalue weighted by Gasteiger charge is -2.27. The first kappa shape index (κ1) is 16.1. The minimum absolute atomic E-state index is 0.000398. The van der Waals surface area contributed by atoms with Gasteiger partial charge in [-0.3, -0.25) is 4.79 Å². The molecule has 1 aliphatic heterocycles. The van der Waals surface area contributed by atoms with E-state index in [1.165, 1.54) is 12.0 Å². The maximum absolute atomic E-state index is 12.5. The molecule has 0 saturated heterocycles. The maximum atomic E-state index is 12.5. The average molecular weight is 339 g/mol. The normalized spacial score (nSPS) is 14.2. The largest absolute Gasteiger partial charge is 0.480 e. The standard InChI is InChI=1S/C14H12F3N5O2/c1-24-11-4-8-7-22(3-2-10(8)20-21-11)12(23)9-5-18-13(19-6-9)14(15,16)17/h4-6H,2-3,7H2,1H3. The number of hydrogen-bond donors (Lipinski definition) is 0. The van der Waals surface area contributed by atoms with Crippen LogP contribution in [0.25, 0.3) is 0 Å². The lowest BCUT2D eigenvalue weighted by Crippen LogP contribution is -2.36. The van der Waals surface area contributed by atoms with Gasteiger partial charge in [0.2, 0.25) is 11.7 Å². The Morgan fingerprint density at radius 3 is 2.58 bits per heavy atom. The number of halogens is 3. The highest BCUT2D eigenvalue weighted by molar-refractivity contribution is 5.93. The van der Waals surface area contributed by atoms with Crippen LogP contribution in [0.15, 0.2) is 18.5 Å². The summed E-state index contributed by atoms with van der Waals surface area (Å²) in [5, 5.41) is 7.90. The van der Waals surface area contributed by atoms with E-state index in [2.05, 4.69) is 20.2 Å². The van der Waals surface area contributed by atoms with Crippen molar-refractivity contribution < 1.29 is 22.7 Å². The molecule has 126 valence electrons. The average Bonchev–Trinajstić information content (AvgIpc) is 2.59. The van der Waals surface area contributed by atoms with Gasteiger partial charge in [0.25, 0.3) is 5.91 Å². The molecule has 2 aromatic heterocycles. The van der Waals surface area contributed by atoms with E-state index in [1.54, 1.807) is 6.07 Å². The van der Waals surface area contributed by atoms with Gasteiger partial charge >= 0.3 is 6.18 Å². The molecule has 1 amide bonds. The fourth-order valence-corrected chi connectivity index (χ4v) is 2.35. The van der Waals surface area contributed by atoms with Crippen molar-refractivity contribution in [1.29, 1.82) is 0 Å². The van der Waals surface area contributed by atoms with Crippen LogP contribution < -0.4 is 4.74 Å². The van der Waals surface area contributed by atoms with Crippen molar-refractivity contribution in [2.45, 2.75) is 19.1 Å². The second-order valence-corrected chi connectivity index (χ2v) is 5.13. The lowest BCUT2D eigenvalue weighted by molar-refractivity contribution is -0.145. The van der Waals surface area contributed by atoms with Gasteiger partial charge in [-0.25, -0.2) is 9.97 Å². The van der Waals surface area contributed by atoms with Gasteiger partial charge in [-0.1, -0.05) is 0 Å². The molecule has 0 radical (unpaired) electrons. The number of alkyl halides is 3. The van der Waals surface area contributed by atoms with E-state index in [-0.39, 0.29) is 12.1 Å². The molecular formula is C14H12F3N5O2. The van der Waals surface area contributed by atoms with Crippen LogP contribution in [0, 0.1) is 0 Å². The molecule has 0 atom stereocenters. The molecule has 2 aromatic rings. The van der Waals surface area contributed by atoms with Gasteiger partial charge < -0.3 is 9.64 Å². The van der Waals surface area contributed by atoms with Crippen molar-refractivity contribution in [2.24, 2.45) is 0 Å². The van der Waals surface area contributed by atoms with Gasteiger partial charge in [0.05, 0.1) is 18.4 Å². The van der Waals surface area contributed by atoms with Gasteiger partial charge in [-0.15, -0.1) is 5.10 Å². The number of ether oxygens (including phenoxy) is 1. The monoisotopic (exact) mass is 339 g/mol. The third-order valence-electron chi connectivity index (χ3n) is 3.57. The lowest BCUT2D eigenvalue weighted by atomic mass is 10.1. The Labute approximate surface area is 134 Å². The molecule has 0 aromatic carbocycles. The van der Waals surface area contributed by atoms with E-state index < -0.39 is 17.9 Å². The van der Waals surface area contributed by atoms with Crippen LogP contribution in [0.1, 0.15) is 27.4 Å². The third-order valence-corrected chi connectivity index (χ3v) is 3.57. The number of rotatable bonds is 2. The Kier molecular flexibility index (Phi) is 4.04. The van der Waals surface area contributed by atoms with Gasteiger partial charge in [0, 0.05) is 43.5 Å². The van der Waals surface area contributed by atoms with Crippen LogP contribution in [0.4, 0.5) is 13.2 Å². The molecule has 3 rings (SSSR count). The molecule has 24 heavy (non-hydrogen) atoms. The Morgan fingerprint density at radius 2 is 1.96 bits per heavy atom. The smallest absolute Gasteiger partial charge is 0.451 e. The summed E-state index contributed by atoms with van der Waals surface area (Å²) in [6, 6.07) is 1.69. The SMILES string of the molecule is COc1cc2c(nn1)CCN(C(=O)c1cnc(C(F)(F)F)nc1)C2. The fourth-order valence-electron chi connectivity index (χ4n) is 2.35. The number of hydrogen-bond acceptors (Lipinski definition) is 6. The van der Waals surface area contributed by atoms with Crippen LogP contribution in [0.2, 0.25) is 0 Å². The van der Waals surface area contributed by atoms with Crippen LogP contribution in [-0.4, -0.2) is 44.6 Å². The Hall–Kier alpha value is -2.78. The summed E-state index contributed by atoms with van der Waals surface area (Å²) in [5.41, 5.74) is 1.55. The number of methoxy groups -OCH3 is 1. The van der Waals surface area contributed by atoms with Gasteiger partial charge in [0.15, 0.2) is 0 Å². The molecule has 0 aliphatic carbocycles. The number of aromatic nitrogens is 4. The molecule has 10 heteroatoms. The summed E-state index contributed by atoms with van der Waals surface area (Å²) in [4.78, 5) is 20.3. The van der Waals surface area contributed by atoms with Crippen LogP contribution in [0.3, 0.4) is 0 Å². The molecule has 0 saturated carbocycles. The highest BCUT2D eigenvalue weighted by Crippen LogP contribution is 2.26. The Morgan fingerprint density at radius 1 is 1.25 bits per heavy atom. The first-order valence-corrected chi connectivity index (χ1v) is 6.96. The molecule has 1 aliphatic rings. The van der Waals surface area contributed by atoms with Crippen molar-refractivity contribution in [3.8, 4) is 5.88 Å². The minimum atomic E-state index is -4.64. The highest BCUT2D eigenvalue weighted by Gasteiger charge is 2.34. The summed E-state index contributed by atoms with van der Waals surface area (Å²) < 4.78 is 42.4. The summed E-state index contributed by atoms with van der Waals surface area (Å²) in [6.07, 6.45) is -2.36. The van der Waals surface area contributed by atoms with E-state index in [9.17, 15) is 18.0 Å². The molecule has 0 bridgehead atoms. The zero-order valence-electron chi connectivity index (χ0n) is 12.5. The summed E-state index contributed by atoms with van der Waals surface area (Å²) in [7, 11) is 1.46. The van der Waals surface area contributed by atoms with Crippen LogP contribution in [-0.2, 0) is 19.1 Å². The summed E-state index contributed by atoms with van der Waals surface area (Å²) in [5.74, 6) is -1.38. The van der Waals surface area contributed by atoms with E-state index >= 15 is 0 Å². The third kappa shape index (κ3) is 3.12. The first-order chi connectivity index (χ1) is 11.4. The van der Waals surface area contributed by atoms with Crippen molar-refractivity contribution in [2.75, 3.05) is 13.7 Å². The minimum Gasteiger partial charge on any atom is -0.480 e. The maximum Gasteiger partial charge on any atom is 0.451 e. The molecule has 0 unspecified atom stereocenters. The van der Waals surface area contributed by atoms with E-state index in [0.717, 1.165) is 23.7 Å². The molecule has 0 N–H and O–H groups in total. The van der Waals surface area contributed by atoms with Gasteiger partial charge in [0.1, 0.15) is 0 Å². The topological polar surface area (TPSA) is 81.1 Å². The van der Waals surface area contributed by atoms with E-state index in [0.29, 0.717) is 18.8 Å². The summed E-state index contributed by atoms with van der Waals surface area (Å²) >= 11 is 0. The van der Waals surface area contributed by atoms with Crippen LogP contribution >= 0.6 is 0 Å². The second kappa shape index (κ2) is 6.02. The number of nitrogens with zero attached hydrogens (tertiary/aromatic N) is 5. The molecule has 3 heterocycles. The molecular weight excluding hydrogens is 327 g/mol. The number of carbonyl (C=O) groups is 1. The predicted molar refractivity (Wildman–Crippen MR) is 74.1 cm³/mol. The van der Waals surface area contributed by atoms with Gasteiger partial charge in [-0.2, -0.15) is 18.3 Å². The second-order valence-electron chi connectivity index (χ2n) is 5.13. The fraction of sp³-hybridized carbons (Fsp3) is 0.357. The summed E-state index contributed by atoms with van der Waals surface area (Å²) in [6.45, 7) is 0.648. The predicted octanol–water partition coefficient (Wildman–Crippen LogP) is 1.49. The Bertz CT molecular complexity index is 764.